The first-order valence-electron chi connectivity index (χ1n) is 8.07. The van der Waals surface area contributed by atoms with E-state index in [-0.39, 0.29) is 0 Å². The van der Waals surface area contributed by atoms with Crippen LogP contribution in [0.15, 0.2) is 18.2 Å². The maximum absolute atomic E-state index is 6.21. The fourth-order valence-electron chi connectivity index (χ4n) is 3.48. The molecule has 0 radical (unpaired) electrons. The minimum absolute atomic E-state index is 0.603. The van der Waals surface area contributed by atoms with Gasteiger partial charge < -0.3 is 10.1 Å². The van der Waals surface area contributed by atoms with Crippen LogP contribution in [0.5, 0.6) is 5.75 Å². The fraction of sp³-hybridized carbons (Fsp3) is 0.647. The second kappa shape index (κ2) is 6.59. The number of fused-ring (bicyclic) bond motifs is 1. The number of likely N-dealkylation sites (tertiary alicyclic amines) is 1. The third-order valence-electron chi connectivity index (χ3n) is 4.68. The summed E-state index contributed by atoms with van der Waals surface area (Å²) in [6.07, 6.45) is 5.07. The van der Waals surface area contributed by atoms with Gasteiger partial charge in [0, 0.05) is 12.6 Å². The summed E-state index contributed by atoms with van der Waals surface area (Å²) in [5.74, 6) is 1.12. The highest BCUT2D eigenvalue weighted by Crippen LogP contribution is 2.26. The van der Waals surface area contributed by atoms with Crippen LogP contribution >= 0.6 is 0 Å². The van der Waals surface area contributed by atoms with Crippen molar-refractivity contribution in [3.8, 4) is 5.75 Å². The number of nitrogens with one attached hydrogen (secondary N) is 1. The molecule has 0 amide bonds. The first-order chi connectivity index (χ1) is 9.88. The summed E-state index contributed by atoms with van der Waals surface area (Å²) >= 11 is 0. The number of nitrogens with zero attached hydrogens (tertiary/aromatic N) is 1. The van der Waals surface area contributed by atoms with E-state index in [0.717, 1.165) is 38.4 Å². The van der Waals surface area contributed by atoms with Gasteiger partial charge >= 0.3 is 0 Å². The average molecular weight is 274 g/mol. The Morgan fingerprint density at radius 2 is 2.30 bits per heavy atom. The monoisotopic (exact) mass is 274 g/mol. The summed E-state index contributed by atoms with van der Waals surface area (Å²) < 4.78 is 6.21. The highest BCUT2D eigenvalue weighted by Gasteiger charge is 2.22. The zero-order chi connectivity index (χ0) is 13.8. The molecule has 2 heterocycles. The maximum Gasteiger partial charge on any atom is 0.122 e. The molecule has 1 N–H and O–H groups in total. The van der Waals surface area contributed by atoms with Crippen molar-refractivity contribution in [2.75, 3.05) is 26.2 Å². The maximum atomic E-state index is 6.21. The quantitative estimate of drug-likeness (QED) is 0.913. The first-order valence-corrected chi connectivity index (χ1v) is 8.07. The molecule has 3 rings (SSSR count). The molecule has 0 aromatic heterocycles. The van der Waals surface area contributed by atoms with Crippen molar-refractivity contribution in [3.05, 3.63) is 29.3 Å². The van der Waals surface area contributed by atoms with E-state index in [1.165, 1.54) is 36.9 Å². The average Bonchev–Trinajstić information content (AvgIpc) is 2.53. The van der Waals surface area contributed by atoms with E-state index in [0.29, 0.717) is 6.04 Å². The van der Waals surface area contributed by atoms with Crippen LogP contribution in [0.1, 0.15) is 37.3 Å². The van der Waals surface area contributed by atoms with Crippen LogP contribution in [0.3, 0.4) is 0 Å². The van der Waals surface area contributed by atoms with Crippen molar-refractivity contribution in [2.24, 2.45) is 0 Å². The smallest absolute Gasteiger partial charge is 0.122 e. The van der Waals surface area contributed by atoms with Gasteiger partial charge in [-0.25, -0.2) is 0 Å². The van der Waals surface area contributed by atoms with E-state index in [9.17, 15) is 0 Å². The molecular weight excluding hydrogens is 248 g/mol. The third kappa shape index (κ3) is 2.99. The van der Waals surface area contributed by atoms with Crippen molar-refractivity contribution in [2.45, 2.75) is 45.2 Å². The highest BCUT2D eigenvalue weighted by atomic mass is 16.5. The van der Waals surface area contributed by atoms with Gasteiger partial charge in [-0.05, 0) is 56.1 Å². The molecule has 1 atom stereocenters. The van der Waals surface area contributed by atoms with Gasteiger partial charge in [-0.1, -0.05) is 25.5 Å². The van der Waals surface area contributed by atoms with E-state index in [2.05, 4.69) is 35.3 Å². The minimum Gasteiger partial charge on any atom is -0.492 e. The van der Waals surface area contributed by atoms with Crippen LogP contribution in [0.2, 0.25) is 0 Å². The molecule has 0 aliphatic carbocycles. The number of piperidine rings is 1. The van der Waals surface area contributed by atoms with Gasteiger partial charge in [-0.15, -0.1) is 0 Å². The van der Waals surface area contributed by atoms with E-state index in [4.69, 9.17) is 4.74 Å². The molecule has 110 valence electrons. The Labute approximate surface area is 122 Å². The lowest BCUT2D eigenvalue weighted by Gasteiger charge is -2.34. The Bertz CT molecular complexity index is 447. The lowest BCUT2D eigenvalue weighted by molar-refractivity contribution is 0.105. The standard InChI is InChI=1S/C17H26N2O/c1-2-19-11-4-3-7-15(19)13-20-17-8-5-6-14-12-18-10-9-16(14)17/h5-6,8,15,18H,2-4,7,9-13H2,1H3. The zero-order valence-electron chi connectivity index (χ0n) is 12.5. The Balaban J connectivity index is 1.66. The molecule has 2 aliphatic heterocycles. The molecule has 0 saturated carbocycles. The highest BCUT2D eigenvalue weighted by molar-refractivity contribution is 5.41. The van der Waals surface area contributed by atoms with Crippen molar-refractivity contribution < 1.29 is 4.74 Å². The normalized spacial score (nSPS) is 23.4. The van der Waals surface area contributed by atoms with E-state index in [1.807, 2.05) is 0 Å². The summed E-state index contributed by atoms with van der Waals surface area (Å²) in [6, 6.07) is 7.09. The van der Waals surface area contributed by atoms with Crippen molar-refractivity contribution >= 4 is 0 Å². The summed E-state index contributed by atoms with van der Waals surface area (Å²) in [5.41, 5.74) is 2.83. The molecule has 1 unspecified atom stereocenters. The molecule has 1 aromatic rings. The predicted octanol–water partition coefficient (Wildman–Crippen LogP) is 2.59. The van der Waals surface area contributed by atoms with Crippen LogP contribution in [-0.2, 0) is 13.0 Å². The summed E-state index contributed by atoms with van der Waals surface area (Å²) in [7, 11) is 0. The fourth-order valence-corrected chi connectivity index (χ4v) is 3.48. The lowest BCUT2D eigenvalue weighted by atomic mass is 10.00. The number of hydrogen-bond donors (Lipinski definition) is 1. The van der Waals surface area contributed by atoms with Crippen LogP contribution in [0, 0.1) is 0 Å². The zero-order valence-corrected chi connectivity index (χ0v) is 12.5. The second-order valence-electron chi connectivity index (χ2n) is 5.91. The van der Waals surface area contributed by atoms with Gasteiger partial charge in [0.1, 0.15) is 12.4 Å². The topological polar surface area (TPSA) is 24.5 Å². The van der Waals surface area contributed by atoms with Crippen LogP contribution in [-0.4, -0.2) is 37.2 Å². The van der Waals surface area contributed by atoms with E-state index >= 15 is 0 Å². The van der Waals surface area contributed by atoms with Gasteiger partial charge in [0.2, 0.25) is 0 Å². The van der Waals surface area contributed by atoms with E-state index < -0.39 is 0 Å². The summed E-state index contributed by atoms with van der Waals surface area (Å²) in [6.45, 7) is 7.53. The van der Waals surface area contributed by atoms with Crippen LogP contribution in [0.4, 0.5) is 0 Å². The minimum atomic E-state index is 0.603. The van der Waals surface area contributed by atoms with E-state index in [1.54, 1.807) is 0 Å². The Morgan fingerprint density at radius 3 is 3.20 bits per heavy atom. The number of rotatable bonds is 4. The summed E-state index contributed by atoms with van der Waals surface area (Å²) in [4.78, 5) is 2.57. The second-order valence-corrected chi connectivity index (χ2v) is 5.91. The van der Waals surface area contributed by atoms with Crippen molar-refractivity contribution in [3.63, 3.8) is 0 Å². The van der Waals surface area contributed by atoms with Crippen molar-refractivity contribution in [1.29, 1.82) is 0 Å². The third-order valence-corrected chi connectivity index (χ3v) is 4.68. The van der Waals surface area contributed by atoms with Gasteiger partial charge in [-0.2, -0.15) is 0 Å². The van der Waals surface area contributed by atoms with Gasteiger partial charge in [0.05, 0.1) is 0 Å². The number of benzene rings is 1. The van der Waals surface area contributed by atoms with Gasteiger partial charge in [0.25, 0.3) is 0 Å². The SMILES string of the molecule is CCN1CCCCC1COc1cccc2c1CCNC2. The molecule has 1 fully saturated rings. The molecule has 1 saturated heterocycles. The van der Waals surface area contributed by atoms with Crippen LogP contribution < -0.4 is 10.1 Å². The molecule has 3 nitrogen and oxygen atoms in total. The Hall–Kier alpha value is -1.06. The van der Waals surface area contributed by atoms with Crippen molar-refractivity contribution in [1.82, 2.24) is 10.2 Å². The molecule has 0 bridgehead atoms. The molecule has 1 aromatic carbocycles. The largest absolute Gasteiger partial charge is 0.492 e. The number of hydrogen-bond acceptors (Lipinski definition) is 3. The summed E-state index contributed by atoms with van der Waals surface area (Å²) in [5, 5.41) is 3.43. The first kappa shape index (κ1) is 13.9. The predicted molar refractivity (Wildman–Crippen MR) is 82.2 cm³/mol. The lowest BCUT2D eigenvalue weighted by Crippen LogP contribution is -2.42. The van der Waals surface area contributed by atoms with Crippen LogP contribution in [0.25, 0.3) is 0 Å². The Kier molecular flexibility index (Phi) is 4.58. The molecule has 0 spiro atoms. The number of likely N-dealkylation sites (N-methyl/N-ethyl adjacent to an activating group) is 1. The molecular formula is C17H26N2O. The molecule has 20 heavy (non-hydrogen) atoms. The number of ether oxygens (including phenoxy) is 1. The molecule has 3 heteroatoms. The Morgan fingerprint density at radius 1 is 1.35 bits per heavy atom. The van der Waals surface area contributed by atoms with Gasteiger partial charge in [0.15, 0.2) is 0 Å². The van der Waals surface area contributed by atoms with Gasteiger partial charge in [-0.3, -0.25) is 4.90 Å². The molecule has 2 aliphatic rings.